The molecule has 0 aromatic rings. The highest BCUT2D eigenvalue weighted by atomic mass is 16.5. The van der Waals surface area contributed by atoms with Crippen molar-refractivity contribution in [3.63, 3.8) is 0 Å². The van der Waals surface area contributed by atoms with Gasteiger partial charge in [-0.3, -0.25) is 0 Å². The molecule has 0 heterocycles. The molecule has 0 aliphatic heterocycles. The van der Waals surface area contributed by atoms with Crippen LogP contribution in [-0.2, 0) is 9.47 Å². The van der Waals surface area contributed by atoms with Crippen molar-refractivity contribution in [2.75, 3.05) is 19.8 Å². The molecule has 1 aliphatic rings. The molecule has 0 saturated heterocycles. The first kappa shape index (κ1) is 12.9. The summed E-state index contributed by atoms with van der Waals surface area (Å²) < 4.78 is 11.1. The van der Waals surface area contributed by atoms with Crippen molar-refractivity contribution in [2.45, 2.75) is 52.2 Å². The minimum absolute atomic E-state index is 0.228. The van der Waals surface area contributed by atoms with Crippen LogP contribution < -0.4 is 5.73 Å². The molecule has 1 aliphatic carbocycles. The summed E-state index contributed by atoms with van der Waals surface area (Å²) in [4.78, 5) is 0. The van der Waals surface area contributed by atoms with Gasteiger partial charge in [-0.05, 0) is 26.2 Å². The molecule has 3 heteroatoms. The fraction of sp³-hybridized carbons (Fsp3) is 1.00. The molecule has 0 spiro atoms. The predicted molar refractivity (Wildman–Crippen MR) is 61.8 cm³/mol. The minimum Gasteiger partial charge on any atom is -0.379 e. The van der Waals surface area contributed by atoms with Crippen LogP contribution in [0.3, 0.4) is 0 Å². The van der Waals surface area contributed by atoms with Gasteiger partial charge in [-0.2, -0.15) is 0 Å². The largest absolute Gasteiger partial charge is 0.379 e. The summed E-state index contributed by atoms with van der Waals surface area (Å²) in [5, 5.41) is 0. The van der Waals surface area contributed by atoms with E-state index in [9.17, 15) is 0 Å². The van der Waals surface area contributed by atoms with Crippen LogP contribution in [0.2, 0.25) is 0 Å². The Bertz CT molecular complexity index is 180. The Balaban J connectivity index is 2.30. The Morgan fingerprint density at radius 2 is 1.87 bits per heavy atom. The molecule has 0 aromatic carbocycles. The fourth-order valence-electron chi connectivity index (χ4n) is 2.64. The molecule has 2 N–H and O–H groups in total. The van der Waals surface area contributed by atoms with E-state index in [1.807, 2.05) is 6.92 Å². The molecule has 1 fully saturated rings. The molecule has 90 valence electrons. The van der Waals surface area contributed by atoms with E-state index in [2.05, 4.69) is 13.8 Å². The Labute approximate surface area is 93.3 Å². The van der Waals surface area contributed by atoms with Crippen LogP contribution >= 0.6 is 0 Å². The van der Waals surface area contributed by atoms with E-state index in [0.717, 1.165) is 25.9 Å². The van der Waals surface area contributed by atoms with Crippen LogP contribution in [-0.4, -0.2) is 32.0 Å². The summed E-state index contributed by atoms with van der Waals surface area (Å²) in [5.74, 6) is 0. The van der Waals surface area contributed by atoms with E-state index in [1.165, 1.54) is 0 Å². The number of ether oxygens (including phenoxy) is 2. The first-order chi connectivity index (χ1) is 7.21. The van der Waals surface area contributed by atoms with Crippen LogP contribution in [0.5, 0.6) is 0 Å². The second-order valence-corrected chi connectivity index (χ2v) is 4.34. The van der Waals surface area contributed by atoms with E-state index in [1.54, 1.807) is 0 Å². The molecule has 0 amide bonds. The zero-order valence-corrected chi connectivity index (χ0v) is 10.3. The molecule has 3 nitrogen and oxygen atoms in total. The zero-order chi connectivity index (χ0) is 11.3. The Morgan fingerprint density at radius 1 is 1.20 bits per heavy atom. The lowest BCUT2D eigenvalue weighted by molar-refractivity contribution is -0.138. The standard InChI is InChI=1S/C12H25NO2/c1-4-12(5-2)10(13)9-11(12)15-8-7-14-6-3/h10-11H,4-9,13H2,1-3H3. The van der Waals surface area contributed by atoms with Crippen LogP contribution in [0.1, 0.15) is 40.0 Å². The quantitative estimate of drug-likeness (QED) is 0.660. The second-order valence-electron chi connectivity index (χ2n) is 4.34. The van der Waals surface area contributed by atoms with Crippen molar-refractivity contribution in [3.05, 3.63) is 0 Å². The summed E-state index contributed by atoms with van der Waals surface area (Å²) in [5.41, 5.74) is 6.32. The third kappa shape index (κ3) is 2.52. The van der Waals surface area contributed by atoms with Crippen molar-refractivity contribution >= 4 is 0 Å². The average molecular weight is 215 g/mol. The molecular formula is C12H25NO2. The smallest absolute Gasteiger partial charge is 0.0704 e. The monoisotopic (exact) mass is 215 g/mol. The SMILES string of the molecule is CCOCCOC1CC(N)C1(CC)CC. The molecule has 15 heavy (non-hydrogen) atoms. The zero-order valence-electron chi connectivity index (χ0n) is 10.3. The van der Waals surface area contributed by atoms with E-state index in [-0.39, 0.29) is 5.41 Å². The van der Waals surface area contributed by atoms with E-state index in [0.29, 0.717) is 25.4 Å². The van der Waals surface area contributed by atoms with Gasteiger partial charge in [0.15, 0.2) is 0 Å². The van der Waals surface area contributed by atoms with E-state index in [4.69, 9.17) is 15.2 Å². The Hall–Kier alpha value is -0.120. The highest BCUT2D eigenvalue weighted by molar-refractivity contribution is 5.05. The molecule has 0 bridgehead atoms. The highest BCUT2D eigenvalue weighted by Gasteiger charge is 2.51. The van der Waals surface area contributed by atoms with Gasteiger partial charge in [-0.15, -0.1) is 0 Å². The summed E-state index contributed by atoms with van der Waals surface area (Å²) in [6.07, 6.45) is 3.59. The third-order valence-electron chi connectivity index (χ3n) is 3.92. The maximum Gasteiger partial charge on any atom is 0.0704 e. The summed E-state index contributed by atoms with van der Waals surface area (Å²) in [7, 11) is 0. The van der Waals surface area contributed by atoms with Gasteiger partial charge in [-0.25, -0.2) is 0 Å². The van der Waals surface area contributed by atoms with Gasteiger partial charge in [0, 0.05) is 18.1 Å². The molecule has 2 unspecified atom stereocenters. The van der Waals surface area contributed by atoms with Crippen LogP contribution in [0.15, 0.2) is 0 Å². The third-order valence-corrected chi connectivity index (χ3v) is 3.92. The molecule has 1 saturated carbocycles. The van der Waals surface area contributed by atoms with Crippen LogP contribution in [0.25, 0.3) is 0 Å². The first-order valence-corrected chi connectivity index (χ1v) is 6.16. The van der Waals surface area contributed by atoms with Crippen molar-refractivity contribution in [3.8, 4) is 0 Å². The molecule has 0 radical (unpaired) electrons. The maximum absolute atomic E-state index is 6.09. The second kappa shape index (κ2) is 5.83. The van der Waals surface area contributed by atoms with Gasteiger partial charge in [0.25, 0.3) is 0 Å². The van der Waals surface area contributed by atoms with E-state index >= 15 is 0 Å². The number of nitrogens with two attached hydrogens (primary N) is 1. The average Bonchev–Trinajstić information content (AvgIpc) is 2.24. The number of hydrogen-bond acceptors (Lipinski definition) is 3. The Kier molecular flexibility index (Phi) is 5.03. The van der Waals surface area contributed by atoms with Crippen molar-refractivity contribution in [2.24, 2.45) is 11.1 Å². The first-order valence-electron chi connectivity index (χ1n) is 6.16. The van der Waals surface area contributed by atoms with Gasteiger partial charge in [0.1, 0.15) is 0 Å². The van der Waals surface area contributed by atoms with E-state index < -0.39 is 0 Å². The van der Waals surface area contributed by atoms with Gasteiger partial charge >= 0.3 is 0 Å². The fourth-order valence-corrected chi connectivity index (χ4v) is 2.64. The lowest BCUT2D eigenvalue weighted by Gasteiger charge is -2.53. The normalized spacial score (nSPS) is 28.8. The van der Waals surface area contributed by atoms with Gasteiger partial charge in [0.2, 0.25) is 0 Å². The topological polar surface area (TPSA) is 44.5 Å². The minimum atomic E-state index is 0.228. The highest BCUT2D eigenvalue weighted by Crippen LogP contribution is 2.47. The van der Waals surface area contributed by atoms with Crippen molar-refractivity contribution in [1.82, 2.24) is 0 Å². The summed E-state index contributed by atoms with van der Waals surface area (Å²) in [6, 6.07) is 0.324. The van der Waals surface area contributed by atoms with Crippen LogP contribution in [0.4, 0.5) is 0 Å². The Morgan fingerprint density at radius 3 is 2.33 bits per heavy atom. The van der Waals surface area contributed by atoms with Gasteiger partial charge in [-0.1, -0.05) is 13.8 Å². The molecule has 2 atom stereocenters. The molecular weight excluding hydrogens is 190 g/mol. The van der Waals surface area contributed by atoms with Gasteiger partial charge in [0.05, 0.1) is 19.3 Å². The summed E-state index contributed by atoms with van der Waals surface area (Å²) >= 11 is 0. The lowest BCUT2D eigenvalue weighted by atomic mass is 9.59. The number of rotatable bonds is 7. The predicted octanol–water partition coefficient (Wildman–Crippen LogP) is 1.95. The van der Waals surface area contributed by atoms with Gasteiger partial charge < -0.3 is 15.2 Å². The molecule has 1 rings (SSSR count). The van der Waals surface area contributed by atoms with Crippen molar-refractivity contribution in [1.29, 1.82) is 0 Å². The van der Waals surface area contributed by atoms with Crippen molar-refractivity contribution < 1.29 is 9.47 Å². The number of hydrogen-bond donors (Lipinski definition) is 1. The summed E-state index contributed by atoms with van der Waals surface area (Å²) in [6.45, 7) is 8.59. The maximum atomic E-state index is 6.09. The molecule has 0 aromatic heterocycles. The van der Waals surface area contributed by atoms with Crippen LogP contribution in [0, 0.1) is 5.41 Å². The lowest BCUT2D eigenvalue weighted by Crippen LogP contribution is -2.61.